The minimum atomic E-state index is 0. The Bertz CT molecular complexity index is 1240. The van der Waals surface area contributed by atoms with Crippen LogP contribution in [0.15, 0.2) is 71.9 Å². The number of pyridine rings is 1. The lowest BCUT2D eigenvalue weighted by molar-refractivity contribution is 0.173. The van der Waals surface area contributed by atoms with Gasteiger partial charge >= 0.3 is 0 Å². The number of halogens is 1. The highest BCUT2D eigenvalue weighted by atomic mass is 127. The molecule has 0 unspecified atom stereocenters. The van der Waals surface area contributed by atoms with Crippen molar-refractivity contribution in [1.82, 2.24) is 29.7 Å². The fourth-order valence-electron chi connectivity index (χ4n) is 4.63. The lowest BCUT2D eigenvalue weighted by Crippen LogP contribution is -2.52. The molecule has 2 aromatic heterocycles. The van der Waals surface area contributed by atoms with Gasteiger partial charge in [-0.05, 0) is 34.9 Å². The van der Waals surface area contributed by atoms with Crippen LogP contribution in [0.4, 0.5) is 0 Å². The largest absolute Gasteiger partial charge is 0.356 e. The third kappa shape index (κ3) is 5.50. The van der Waals surface area contributed by atoms with E-state index in [2.05, 4.69) is 77.2 Å². The predicted molar refractivity (Wildman–Crippen MR) is 149 cm³/mol. The average molecular weight is 569 g/mol. The first-order chi connectivity index (χ1) is 16.3. The van der Waals surface area contributed by atoms with Crippen LogP contribution in [0.2, 0.25) is 0 Å². The van der Waals surface area contributed by atoms with Gasteiger partial charge < -0.3 is 10.2 Å². The second kappa shape index (κ2) is 11.6. The summed E-state index contributed by atoms with van der Waals surface area (Å²) in [6.45, 7) is 5.90. The average Bonchev–Trinajstić information content (AvgIpc) is 3.28. The van der Waals surface area contributed by atoms with Crippen molar-refractivity contribution in [3.8, 4) is 0 Å². The van der Waals surface area contributed by atoms with Gasteiger partial charge in [0.05, 0.1) is 0 Å². The number of guanidine groups is 1. The van der Waals surface area contributed by atoms with Crippen molar-refractivity contribution in [2.24, 2.45) is 4.99 Å². The molecule has 7 nitrogen and oxygen atoms in total. The molecule has 0 atom stereocenters. The van der Waals surface area contributed by atoms with Crippen LogP contribution >= 0.6 is 24.0 Å². The second-order valence-corrected chi connectivity index (χ2v) is 8.52. The first-order valence-electron chi connectivity index (χ1n) is 11.7. The van der Waals surface area contributed by atoms with E-state index >= 15 is 0 Å². The zero-order valence-corrected chi connectivity index (χ0v) is 21.9. The topological polar surface area (TPSA) is 61.1 Å². The van der Waals surface area contributed by atoms with Crippen molar-refractivity contribution in [2.75, 3.05) is 39.8 Å². The first-order valence-corrected chi connectivity index (χ1v) is 11.7. The fourth-order valence-corrected chi connectivity index (χ4v) is 4.63. The summed E-state index contributed by atoms with van der Waals surface area (Å²) >= 11 is 0. The summed E-state index contributed by atoms with van der Waals surface area (Å²) < 4.78 is 2.06. The Balaban J connectivity index is 0.00000274. The smallest absolute Gasteiger partial charge is 0.193 e. The van der Waals surface area contributed by atoms with Gasteiger partial charge in [0, 0.05) is 58.9 Å². The number of rotatable bonds is 6. The van der Waals surface area contributed by atoms with Gasteiger partial charge in [0.1, 0.15) is 5.82 Å². The highest BCUT2D eigenvalue weighted by molar-refractivity contribution is 14.0. The third-order valence-electron chi connectivity index (χ3n) is 6.40. The van der Waals surface area contributed by atoms with Crippen LogP contribution in [-0.4, -0.2) is 70.1 Å². The molecule has 0 aliphatic carbocycles. The highest BCUT2D eigenvalue weighted by Crippen LogP contribution is 2.20. The van der Waals surface area contributed by atoms with Crippen LogP contribution in [-0.2, 0) is 13.0 Å². The molecule has 34 heavy (non-hydrogen) atoms. The number of nitrogens with one attached hydrogen (secondary N) is 1. The molecule has 1 N–H and O–H groups in total. The molecule has 0 radical (unpaired) electrons. The Hall–Kier alpha value is -2.72. The van der Waals surface area contributed by atoms with Gasteiger partial charge in [-0.15, -0.1) is 34.2 Å². The summed E-state index contributed by atoms with van der Waals surface area (Å²) in [4.78, 5) is 9.44. The van der Waals surface area contributed by atoms with Crippen LogP contribution in [0.5, 0.6) is 0 Å². The molecule has 178 valence electrons. The second-order valence-electron chi connectivity index (χ2n) is 8.52. The van der Waals surface area contributed by atoms with Crippen molar-refractivity contribution in [3.05, 3.63) is 78.2 Å². The number of nitrogens with zero attached hydrogens (tertiary/aromatic N) is 6. The van der Waals surface area contributed by atoms with E-state index in [9.17, 15) is 0 Å². The highest BCUT2D eigenvalue weighted by Gasteiger charge is 2.20. The zero-order valence-electron chi connectivity index (χ0n) is 19.6. The molecule has 1 fully saturated rings. The van der Waals surface area contributed by atoms with Crippen molar-refractivity contribution < 1.29 is 0 Å². The van der Waals surface area contributed by atoms with Gasteiger partial charge in [0.2, 0.25) is 0 Å². The molecule has 8 heteroatoms. The monoisotopic (exact) mass is 569 g/mol. The molecule has 3 heterocycles. The predicted octanol–water partition coefficient (Wildman–Crippen LogP) is 3.83. The van der Waals surface area contributed by atoms with E-state index in [0.29, 0.717) is 0 Å². The Kier molecular flexibility index (Phi) is 8.34. The summed E-state index contributed by atoms with van der Waals surface area (Å²) in [6, 6.07) is 21.3. The molecule has 1 saturated heterocycles. The number of piperazine rings is 1. The van der Waals surface area contributed by atoms with E-state index < -0.39 is 0 Å². The molecular formula is C26H32IN7. The Morgan fingerprint density at radius 3 is 2.59 bits per heavy atom. The van der Waals surface area contributed by atoms with Crippen LogP contribution in [0, 0.1) is 0 Å². The maximum Gasteiger partial charge on any atom is 0.193 e. The Morgan fingerprint density at radius 2 is 1.74 bits per heavy atom. The van der Waals surface area contributed by atoms with Crippen LogP contribution < -0.4 is 5.32 Å². The molecule has 1 aliphatic rings. The van der Waals surface area contributed by atoms with E-state index in [1.165, 1.54) is 16.3 Å². The summed E-state index contributed by atoms with van der Waals surface area (Å²) in [5.41, 5.74) is 2.31. The van der Waals surface area contributed by atoms with Gasteiger partial charge in [0.25, 0.3) is 0 Å². The minimum Gasteiger partial charge on any atom is -0.356 e. The van der Waals surface area contributed by atoms with Crippen molar-refractivity contribution in [2.45, 2.75) is 19.4 Å². The molecule has 0 spiro atoms. The van der Waals surface area contributed by atoms with Crippen LogP contribution in [0.3, 0.4) is 0 Å². The first kappa shape index (κ1) is 24.4. The lowest BCUT2D eigenvalue weighted by atomic mass is 10.0. The van der Waals surface area contributed by atoms with Crippen LogP contribution in [0.25, 0.3) is 16.4 Å². The molecule has 2 aromatic carbocycles. The number of aliphatic imine (C=N–C) groups is 1. The summed E-state index contributed by atoms with van der Waals surface area (Å²) in [7, 11) is 1.87. The summed E-state index contributed by atoms with van der Waals surface area (Å²) in [5.74, 6) is 2.00. The van der Waals surface area contributed by atoms with Crippen LogP contribution in [0.1, 0.15) is 17.8 Å². The molecule has 5 rings (SSSR count). The van der Waals surface area contributed by atoms with Gasteiger partial charge in [-0.3, -0.25) is 14.3 Å². The number of hydrogen-bond donors (Lipinski definition) is 1. The van der Waals surface area contributed by atoms with Gasteiger partial charge in [0.15, 0.2) is 11.6 Å². The van der Waals surface area contributed by atoms with E-state index in [-0.39, 0.29) is 24.0 Å². The van der Waals surface area contributed by atoms with Gasteiger partial charge in [-0.2, -0.15) is 0 Å². The van der Waals surface area contributed by atoms with E-state index in [0.717, 1.165) is 69.5 Å². The maximum absolute atomic E-state index is 4.53. The Morgan fingerprint density at radius 1 is 0.941 bits per heavy atom. The molecule has 1 aliphatic heterocycles. The quantitative estimate of drug-likeness (QED) is 0.166. The van der Waals surface area contributed by atoms with Crippen molar-refractivity contribution >= 4 is 46.4 Å². The van der Waals surface area contributed by atoms with E-state index in [1.807, 2.05) is 31.4 Å². The SMILES string of the molecule is CN=C(NCCCc1nnc2ccccn12)N1CCN(Cc2cccc3ccccc23)CC1.I. The number of fused-ring (bicyclic) bond motifs is 2. The standard InChI is InChI=1S/C26H31N7.HI/c1-27-26(28-14-7-13-25-30-29-24-12-4-5-15-33(24)25)32-18-16-31(17-19-32)20-22-10-6-9-21-8-2-3-11-23(21)22;/h2-6,8-12,15H,7,13-14,16-20H2,1H3,(H,27,28);1H. The summed E-state index contributed by atoms with van der Waals surface area (Å²) in [6.07, 6.45) is 3.89. The van der Waals surface area contributed by atoms with Gasteiger partial charge in [-0.25, -0.2) is 0 Å². The maximum atomic E-state index is 4.53. The van der Waals surface area contributed by atoms with Gasteiger partial charge in [-0.1, -0.05) is 48.5 Å². The molecule has 0 bridgehead atoms. The number of benzene rings is 2. The Labute approximate surface area is 217 Å². The third-order valence-corrected chi connectivity index (χ3v) is 6.40. The minimum absolute atomic E-state index is 0. The number of hydrogen-bond acceptors (Lipinski definition) is 4. The van der Waals surface area contributed by atoms with E-state index in [4.69, 9.17) is 0 Å². The van der Waals surface area contributed by atoms with E-state index in [1.54, 1.807) is 0 Å². The molecule has 0 saturated carbocycles. The van der Waals surface area contributed by atoms with Crippen molar-refractivity contribution in [3.63, 3.8) is 0 Å². The van der Waals surface area contributed by atoms with Crippen molar-refractivity contribution in [1.29, 1.82) is 0 Å². The molecule has 0 amide bonds. The number of aryl methyl sites for hydroxylation is 1. The summed E-state index contributed by atoms with van der Waals surface area (Å²) in [5, 5.41) is 14.8. The zero-order chi connectivity index (χ0) is 22.5. The lowest BCUT2D eigenvalue weighted by Gasteiger charge is -2.36. The number of aromatic nitrogens is 3. The molecular weight excluding hydrogens is 537 g/mol. The molecule has 4 aromatic rings. The fraction of sp³-hybridized carbons (Fsp3) is 0.346. The normalized spacial score (nSPS) is 15.0.